The van der Waals surface area contributed by atoms with Gasteiger partial charge in [0.25, 0.3) is 17.7 Å². The van der Waals surface area contributed by atoms with Gasteiger partial charge in [0, 0.05) is 7.05 Å². The number of esters is 1. The van der Waals surface area contributed by atoms with Crippen molar-refractivity contribution in [2.24, 2.45) is 0 Å². The van der Waals surface area contributed by atoms with E-state index in [1.807, 2.05) is 0 Å². The van der Waals surface area contributed by atoms with Gasteiger partial charge < -0.3 is 15.4 Å². The van der Waals surface area contributed by atoms with Gasteiger partial charge in [0.05, 0.1) is 28.2 Å². The third kappa shape index (κ3) is 3.69. The SMILES string of the molecule is CCOC(=O)c1c(NC(=O)CN2C(=O)c3ccccc3C2=O)sc(C(=O)NC)c1C. The van der Waals surface area contributed by atoms with Crippen LogP contribution in [-0.4, -0.2) is 54.7 Å². The molecule has 2 heterocycles. The summed E-state index contributed by atoms with van der Waals surface area (Å²) >= 11 is 0.915. The number of rotatable bonds is 6. The predicted molar refractivity (Wildman–Crippen MR) is 109 cm³/mol. The molecule has 0 saturated heterocycles. The molecule has 9 nitrogen and oxygen atoms in total. The number of carbonyl (C=O) groups excluding carboxylic acids is 5. The Bertz CT molecular complexity index is 1040. The molecule has 0 atom stereocenters. The van der Waals surface area contributed by atoms with Crippen molar-refractivity contribution in [3.05, 3.63) is 51.4 Å². The molecule has 1 aromatic heterocycles. The molecule has 1 aliphatic heterocycles. The Morgan fingerprint density at radius 1 is 1.10 bits per heavy atom. The van der Waals surface area contributed by atoms with Crippen molar-refractivity contribution in [2.75, 3.05) is 25.5 Å². The number of anilines is 1. The summed E-state index contributed by atoms with van der Waals surface area (Å²) in [7, 11) is 1.45. The lowest BCUT2D eigenvalue weighted by molar-refractivity contribution is -0.116. The zero-order chi connectivity index (χ0) is 22.0. The fourth-order valence-corrected chi connectivity index (χ4v) is 4.23. The van der Waals surface area contributed by atoms with Gasteiger partial charge in [-0.25, -0.2) is 4.79 Å². The lowest BCUT2D eigenvalue weighted by Crippen LogP contribution is -2.37. The molecule has 3 rings (SSSR count). The molecule has 0 unspecified atom stereocenters. The lowest BCUT2D eigenvalue weighted by Gasteiger charge is -2.13. The first kappa shape index (κ1) is 21.2. The summed E-state index contributed by atoms with van der Waals surface area (Å²) in [6.45, 7) is 2.81. The molecule has 2 N–H and O–H groups in total. The summed E-state index contributed by atoms with van der Waals surface area (Å²) in [4.78, 5) is 63.0. The highest BCUT2D eigenvalue weighted by molar-refractivity contribution is 7.18. The average molecular weight is 429 g/mol. The van der Waals surface area contributed by atoms with Crippen molar-refractivity contribution in [1.82, 2.24) is 10.2 Å². The summed E-state index contributed by atoms with van der Waals surface area (Å²) in [5.41, 5.74) is 0.901. The van der Waals surface area contributed by atoms with E-state index in [1.165, 1.54) is 19.2 Å². The van der Waals surface area contributed by atoms with Crippen molar-refractivity contribution < 1.29 is 28.7 Å². The molecule has 10 heteroatoms. The second-order valence-electron chi connectivity index (χ2n) is 6.35. The van der Waals surface area contributed by atoms with E-state index in [1.54, 1.807) is 26.0 Å². The van der Waals surface area contributed by atoms with Crippen molar-refractivity contribution >= 4 is 45.9 Å². The largest absolute Gasteiger partial charge is 0.462 e. The summed E-state index contributed by atoms with van der Waals surface area (Å²) in [6.07, 6.45) is 0. The number of nitrogens with zero attached hydrogens (tertiary/aromatic N) is 1. The van der Waals surface area contributed by atoms with Crippen LogP contribution in [0.2, 0.25) is 0 Å². The van der Waals surface area contributed by atoms with Crippen molar-refractivity contribution in [1.29, 1.82) is 0 Å². The van der Waals surface area contributed by atoms with Gasteiger partial charge in [0.15, 0.2) is 0 Å². The third-order valence-electron chi connectivity index (χ3n) is 4.49. The highest BCUT2D eigenvalue weighted by Gasteiger charge is 2.36. The Morgan fingerprint density at radius 3 is 2.23 bits per heavy atom. The van der Waals surface area contributed by atoms with Crippen LogP contribution >= 0.6 is 11.3 Å². The van der Waals surface area contributed by atoms with Crippen LogP contribution in [0.3, 0.4) is 0 Å². The van der Waals surface area contributed by atoms with Gasteiger partial charge in [0.2, 0.25) is 5.91 Å². The molecule has 0 radical (unpaired) electrons. The molecule has 30 heavy (non-hydrogen) atoms. The number of thiophene rings is 1. The van der Waals surface area contributed by atoms with Crippen LogP contribution in [0.4, 0.5) is 5.00 Å². The second kappa shape index (κ2) is 8.46. The Balaban J connectivity index is 1.85. The fourth-order valence-electron chi connectivity index (χ4n) is 3.07. The van der Waals surface area contributed by atoms with Gasteiger partial charge in [-0.05, 0) is 31.5 Å². The van der Waals surface area contributed by atoms with E-state index < -0.39 is 36.1 Å². The molecule has 0 aliphatic carbocycles. The van der Waals surface area contributed by atoms with Gasteiger partial charge in [-0.3, -0.25) is 24.1 Å². The highest BCUT2D eigenvalue weighted by Crippen LogP contribution is 2.34. The number of amides is 4. The number of carbonyl (C=O) groups is 5. The smallest absolute Gasteiger partial charge is 0.341 e. The quantitative estimate of drug-likeness (QED) is 0.534. The topological polar surface area (TPSA) is 122 Å². The first-order valence-corrected chi connectivity index (χ1v) is 9.89. The first-order valence-electron chi connectivity index (χ1n) is 9.07. The molecule has 2 aromatic rings. The maximum absolute atomic E-state index is 12.6. The van der Waals surface area contributed by atoms with E-state index in [4.69, 9.17) is 4.74 Å². The summed E-state index contributed by atoms with van der Waals surface area (Å²) < 4.78 is 5.03. The van der Waals surface area contributed by atoms with Crippen molar-refractivity contribution in [3.8, 4) is 0 Å². The van der Waals surface area contributed by atoms with Crippen molar-refractivity contribution in [3.63, 3.8) is 0 Å². The molecule has 0 fully saturated rings. The molecule has 156 valence electrons. The van der Waals surface area contributed by atoms with Crippen LogP contribution in [0, 0.1) is 6.92 Å². The number of imide groups is 1. The lowest BCUT2D eigenvalue weighted by atomic mass is 10.1. The number of hydrogen-bond donors (Lipinski definition) is 2. The van der Waals surface area contributed by atoms with Crippen LogP contribution in [0.5, 0.6) is 0 Å². The number of hydrogen-bond acceptors (Lipinski definition) is 7. The third-order valence-corrected chi connectivity index (χ3v) is 5.70. The number of fused-ring (bicyclic) bond motifs is 1. The van der Waals surface area contributed by atoms with E-state index in [2.05, 4.69) is 10.6 Å². The van der Waals surface area contributed by atoms with E-state index >= 15 is 0 Å². The molecular formula is C20H19N3O6S. The molecular weight excluding hydrogens is 410 g/mol. The summed E-state index contributed by atoms with van der Waals surface area (Å²) in [5.74, 6) is -2.91. The van der Waals surface area contributed by atoms with Gasteiger partial charge in [-0.1, -0.05) is 12.1 Å². The Hall–Kier alpha value is -3.53. The monoisotopic (exact) mass is 429 g/mol. The van der Waals surface area contributed by atoms with E-state index in [9.17, 15) is 24.0 Å². The Kier molecular flexibility index (Phi) is 5.97. The molecule has 1 aliphatic rings. The number of nitrogens with one attached hydrogen (secondary N) is 2. The molecule has 4 amide bonds. The number of ether oxygens (including phenoxy) is 1. The zero-order valence-corrected chi connectivity index (χ0v) is 17.3. The minimum atomic E-state index is -0.683. The standard InChI is InChI=1S/C20H19N3O6S/c1-4-29-20(28)14-10(2)15(16(25)21-3)30-17(14)22-13(24)9-23-18(26)11-7-5-6-8-12(11)19(23)27/h5-8H,4,9H2,1-3H3,(H,21,25)(H,22,24). The van der Waals surface area contributed by atoms with Gasteiger partial charge in [-0.15, -0.1) is 11.3 Å². The molecule has 0 saturated carbocycles. The average Bonchev–Trinajstić information content (AvgIpc) is 3.17. The molecule has 1 aromatic carbocycles. The maximum atomic E-state index is 12.6. The van der Waals surface area contributed by atoms with E-state index in [-0.39, 0.29) is 33.2 Å². The van der Waals surface area contributed by atoms with Crippen LogP contribution in [-0.2, 0) is 9.53 Å². The first-order chi connectivity index (χ1) is 14.3. The maximum Gasteiger partial charge on any atom is 0.341 e. The summed E-state index contributed by atoms with van der Waals surface area (Å²) in [5, 5.41) is 5.13. The van der Waals surface area contributed by atoms with Gasteiger partial charge in [0.1, 0.15) is 11.5 Å². The van der Waals surface area contributed by atoms with Crippen LogP contribution in [0.1, 0.15) is 53.2 Å². The molecule has 0 bridgehead atoms. The number of benzene rings is 1. The predicted octanol–water partition coefficient (Wildman–Crippen LogP) is 1.83. The summed E-state index contributed by atoms with van der Waals surface area (Å²) in [6, 6.07) is 6.30. The van der Waals surface area contributed by atoms with E-state index in [0.29, 0.717) is 5.56 Å². The zero-order valence-electron chi connectivity index (χ0n) is 16.5. The fraction of sp³-hybridized carbons (Fsp3) is 0.250. The Morgan fingerprint density at radius 2 is 1.70 bits per heavy atom. The normalized spacial score (nSPS) is 12.6. The highest BCUT2D eigenvalue weighted by atomic mass is 32.1. The molecule has 0 spiro atoms. The second-order valence-corrected chi connectivity index (χ2v) is 7.37. The van der Waals surface area contributed by atoms with Crippen molar-refractivity contribution in [2.45, 2.75) is 13.8 Å². The van der Waals surface area contributed by atoms with Crippen LogP contribution in [0.25, 0.3) is 0 Å². The van der Waals surface area contributed by atoms with Crippen LogP contribution < -0.4 is 10.6 Å². The van der Waals surface area contributed by atoms with Gasteiger partial charge >= 0.3 is 5.97 Å². The Labute approximate surface area is 176 Å². The van der Waals surface area contributed by atoms with E-state index in [0.717, 1.165) is 16.2 Å². The van der Waals surface area contributed by atoms with Gasteiger partial charge in [-0.2, -0.15) is 0 Å². The minimum absolute atomic E-state index is 0.0659. The minimum Gasteiger partial charge on any atom is -0.462 e. The van der Waals surface area contributed by atoms with Crippen LogP contribution in [0.15, 0.2) is 24.3 Å².